The van der Waals surface area contributed by atoms with E-state index in [0.717, 1.165) is 43.4 Å². The fourth-order valence-electron chi connectivity index (χ4n) is 2.09. The predicted octanol–water partition coefficient (Wildman–Crippen LogP) is 0.518. The lowest BCUT2D eigenvalue weighted by molar-refractivity contribution is 0.0418. The maximum atomic E-state index is 5.69. The fourth-order valence-corrected chi connectivity index (χ4v) is 2.09. The molecular weight excluding hydrogens is 216 g/mol. The molecule has 1 unspecified atom stereocenters. The fraction of sp³-hybridized carbons (Fsp3) is 0.667. The van der Waals surface area contributed by atoms with Gasteiger partial charge in [-0.3, -0.25) is 4.98 Å². The lowest BCUT2D eigenvalue weighted by Crippen LogP contribution is -2.46. The summed E-state index contributed by atoms with van der Waals surface area (Å²) < 4.78 is 5.69. The van der Waals surface area contributed by atoms with E-state index in [1.807, 2.05) is 27.1 Å². The van der Waals surface area contributed by atoms with Gasteiger partial charge in [0.05, 0.1) is 24.1 Å². The summed E-state index contributed by atoms with van der Waals surface area (Å²) in [6.45, 7) is 7.36. The Balaban J connectivity index is 2.13. The van der Waals surface area contributed by atoms with Crippen molar-refractivity contribution in [2.75, 3.05) is 38.2 Å². The van der Waals surface area contributed by atoms with Gasteiger partial charge in [0.15, 0.2) is 5.82 Å². The van der Waals surface area contributed by atoms with Gasteiger partial charge in [0.2, 0.25) is 0 Å². The SMILES string of the molecule is CNCC1CN(c2nc(C)cnc2C)CCO1. The van der Waals surface area contributed by atoms with E-state index in [1.165, 1.54) is 0 Å². The van der Waals surface area contributed by atoms with Crippen molar-refractivity contribution in [1.82, 2.24) is 15.3 Å². The number of likely N-dealkylation sites (N-methyl/N-ethyl adjacent to an activating group) is 1. The van der Waals surface area contributed by atoms with Crippen molar-refractivity contribution < 1.29 is 4.74 Å². The molecule has 5 nitrogen and oxygen atoms in total. The molecule has 1 aliphatic rings. The van der Waals surface area contributed by atoms with E-state index < -0.39 is 0 Å². The minimum absolute atomic E-state index is 0.232. The molecule has 1 N–H and O–H groups in total. The summed E-state index contributed by atoms with van der Waals surface area (Å²) in [5.41, 5.74) is 1.95. The van der Waals surface area contributed by atoms with Crippen molar-refractivity contribution in [1.29, 1.82) is 0 Å². The highest BCUT2D eigenvalue weighted by Gasteiger charge is 2.22. The van der Waals surface area contributed by atoms with Crippen molar-refractivity contribution in [3.63, 3.8) is 0 Å². The molecule has 94 valence electrons. The molecule has 5 heteroatoms. The van der Waals surface area contributed by atoms with Crippen LogP contribution in [0.4, 0.5) is 5.82 Å². The summed E-state index contributed by atoms with van der Waals surface area (Å²) >= 11 is 0. The third-order valence-corrected chi connectivity index (χ3v) is 2.92. The van der Waals surface area contributed by atoms with Crippen molar-refractivity contribution in [3.8, 4) is 0 Å². The molecule has 2 heterocycles. The Kier molecular flexibility index (Phi) is 3.91. The summed E-state index contributed by atoms with van der Waals surface area (Å²) in [7, 11) is 1.94. The second-order valence-electron chi connectivity index (χ2n) is 4.42. The quantitative estimate of drug-likeness (QED) is 0.829. The Morgan fingerprint density at radius 2 is 2.35 bits per heavy atom. The molecule has 1 aliphatic heterocycles. The zero-order valence-electron chi connectivity index (χ0n) is 10.7. The van der Waals surface area contributed by atoms with Crippen LogP contribution in [0.3, 0.4) is 0 Å². The smallest absolute Gasteiger partial charge is 0.150 e. The topological polar surface area (TPSA) is 50.3 Å². The first-order valence-corrected chi connectivity index (χ1v) is 6.02. The molecule has 1 fully saturated rings. The van der Waals surface area contributed by atoms with Crippen LogP contribution in [0.15, 0.2) is 6.20 Å². The second kappa shape index (κ2) is 5.42. The van der Waals surface area contributed by atoms with Crippen LogP contribution in [-0.2, 0) is 4.74 Å². The summed E-state index contributed by atoms with van der Waals surface area (Å²) in [4.78, 5) is 11.2. The van der Waals surface area contributed by atoms with Gasteiger partial charge in [-0.1, -0.05) is 0 Å². The zero-order valence-corrected chi connectivity index (χ0v) is 10.7. The molecule has 1 aromatic rings. The van der Waals surface area contributed by atoms with E-state index in [-0.39, 0.29) is 6.10 Å². The minimum Gasteiger partial charge on any atom is -0.373 e. The average molecular weight is 236 g/mol. The first-order valence-electron chi connectivity index (χ1n) is 6.02. The molecule has 1 aromatic heterocycles. The highest BCUT2D eigenvalue weighted by atomic mass is 16.5. The summed E-state index contributed by atoms with van der Waals surface area (Å²) in [6.07, 6.45) is 2.04. The van der Waals surface area contributed by atoms with Gasteiger partial charge in [0.25, 0.3) is 0 Å². The molecule has 1 atom stereocenters. The average Bonchev–Trinajstić information content (AvgIpc) is 2.33. The Labute approximate surface area is 102 Å². The Morgan fingerprint density at radius 3 is 3.12 bits per heavy atom. The number of aromatic nitrogens is 2. The van der Waals surface area contributed by atoms with Crippen LogP contribution < -0.4 is 10.2 Å². The maximum Gasteiger partial charge on any atom is 0.150 e. The number of aryl methyl sites for hydroxylation is 2. The van der Waals surface area contributed by atoms with E-state index in [0.29, 0.717) is 0 Å². The summed E-state index contributed by atoms with van der Waals surface area (Å²) in [5.74, 6) is 0.995. The van der Waals surface area contributed by atoms with Crippen LogP contribution in [0.1, 0.15) is 11.4 Å². The van der Waals surface area contributed by atoms with Crippen LogP contribution in [0, 0.1) is 13.8 Å². The third kappa shape index (κ3) is 2.92. The lowest BCUT2D eigenvalue weighted by atomic mass is 10.2. The van der Waals surface area contributed by atoms with Gasteiger partial charge >= 0.3 is 0 Å². The van der Waals surface area contributed by atoms with Crippen molar-refractivity contribution >= 4 is 5.82 Å². The number of nitrogens with one attached hydrogen (secondary N) is 1. The molecule has 0 radical (unpaired) electrons. The van der Waals surface area contributed by atoms with E-state index >= 15 is 0 Å². The summed E-state index contributed by atoms with van der Waals surface area (Å²) in [6, 6.07) is 0. The van der Waals surface area contributed by atoms with Gasteiger partial charge in [-0.2, -0.15) is 0 Å². The van der Waals surface area contributed by atoms with E-state index in [4.69, 9.17) is 4.74 Å². The van der Waals surface area contributed by atoms with Crippen LogP contribution >= 0.6 is 0 Å². The van der Waals surface area contributed by atoms with E-state index in [1.54, 1.807) is 0 Å². The molecule has 2 rings (SSSR count). The van der Waals surface area contributed by atoms with Gasteiger partial charge in [-0.15, -0.1) is 0 Å². The lowest BCUT2D eigenvalue weighted by Gasteiger charge is -2.34. The Bertz CT molecular complexity index is 381. The van der Waals surface area contributed by atoms with Crippen molar-refractivity contribution in [2.24, 2.45) is 0 Å². The number of anilines is 1. The number of nitrogens with zero attached hydrogens (tertiary/aromatic N) is 3. The van der Waals surface area contributed by atoms with Crippen LogP contribution in [0.25, 0.3) is 0 Å². The van der Waals surface area contributed by atoms with Crippen LogP contribution in [0.5, 0.6) is 0 Å². The molecule has 1 saturated heterocycles. The van der Waals surface area contributed by atoms with Gasteiger partial charge in [-0.25, -0.2) is 4.98 Å². The van der Waals surface area contributed by atoms with Crippen molar-refractivity contribution in [2.45, 2.75) is 20.0 Å². The Morgan fingerprint density at radius 1 is 1.53 bits per heavy atom. The molecule has 0 bridgehead atoms. The highest BCUT2D eigenvalue weighted by molar-refractivity contribution is 5.43. The van der Waals surface area contributed by atoms with E-state index in [9.17, 15) is 0 Å². The molecule has 0 aliphatic carbocycles. The number of morpholine rings is 1. The number of hydrogen-bond donors (Lipinski definition) is 1. The molecule has 0 saturated carbocycles. The van der Waals surface area contributed by atoms with Crippen LogP contribution in [0.2, 0.25) is 0 Å². The molecule has 17 heavy (non-hydrogen) atoms. The van der Waals surface area contributed by atoms with E-state index in [2.05, 4.69) is 20.2 Å². The third-order valence-electron chi connectivity index (χ3n) is 2.92. The van der Waals surface area contributed by atoms with Crippen LogP contribution in [-0.4, -0.2) is 49.4 Å². The molecule has 0 aromatic carbocycles. The summed E-state index contributed by atoms with van der Waals surface area (Å²) in [5, 5.41) is 3.15. The highest BCUT2D eigenvalue weighted by Crippen LogP contribution is 2.18. The monoisotopic (exact) mass is 236 g/mol. The molecule has 0 amide bonds. The Hall–Kier alpha value is -1.20. The normalized spacial score (nSPS) is 20.6. The standard InChI is InChI=1S/C12H20N4O/c1-9-6-14-10(2)12(15-9)16-4-5-17-11(8-16)7-13-3/h6,11,13H,4-5,7-8H2,1-3H3. The number of hydrogen-bond acceptors (Lipinski definition) is 5. The van der Waals surface area contributed by atoms with Gasteiger partial charge in [-0.05, 0) is 20.9 Å². The first-order chi connectivity index (χ1) is 8.20. The van der Waals surface area contributed by atoms with Gasteiger partial charge < -0.3 is 15.0 Å². The number of rotatable bonds is 3. The second-order valence-corrected chi connectivity index (χ2v) is 4.42. The van der Waals surface area contributed by atoms with Crippen molar-refractivity contribution in [3.05, 3.63) is 17.6 Å². The maximum absolute atomic E-state index is 5.69. The minimum atomic E-state index is 0.232. The zero-order chi connectivity index (χ0) is 12.3. The first kappa shape index (κ1) is 12.3. The van der Waals surface area contributed by atoms with Gasteiger partial charge in [0.1, 0.15) is 0 Å². The van der Waals surface area contributed by atoms with Gasteiger partial charge in [0, 0.05) is 25.8 Å². The largest absolute Gasteiger partial charge is 0.373 e. The number of ether oxygens (including phenoxy) is 1. The predicted molar refractivity (Wildman–Crippen MR) is 67.4 cm³/mol. The molecule has 0 spiro atoms. The molecular formula is C12H20N4O.